The average Bonchev–Trinajstić information content (AvgIpc) is 3.81. The van der Waals surface area contributed by atoms with Gasteiger partial charge in [-0.05, 0) is 66.0 Å². The summed E-state index contributed by atoms with van der Waals surface area (Å²) in [4.78, 5) is 7.15. The third kappa shape index (κ3) is 3.82. The van der Waals surface area contributed by atoms with Crippen LogP contribution < -0.4 is 4.90 Å². The summed E-state index contributed by atoms with van der Waals surface area (Å²) in [6.45, 7) is 0. The molecule has 0 spiro atoms. The smallest absolute Gasteiger partial charge is 0.228 e. The van der Waals surface area contributed by atoms with E-state index in [0.29, 0.717) is 5.89 Å². The van der Waals surface area contributed by atoms with Crippen molar-refractivity contribution >= 4 is 92.4 Å². The van der Waals surface area contributed by atoms with E-state index in [4.69, 9.17) is 13.8 Å². The molecule has 3 heterocycles. The molecule has 46 heavy (non-hydrogen) atoms. The Morgan fingerprint density at radius 1 is 0.500 bits per heavy atom. The van der Waals surface area contributed by atoms with E-state index in [1.807, 2.05) is 47.7 Å². The van der Waals surface area contributed by atoms with E-state index in [-0.39, 0.29) is 0 Å². The predicted molar refractivity (Wildman–Crippen MR) is 192 cm³/mol. The molecular weight excluding hydrogens is 585 g/mol. The average molecular weight is 609 g/mol. The first-order valence-electron chi connectivity index (χ1n) is 15.3. The van der Waals surface area contributed by atoms with E-state index in [2.05, 4.69) is 114 Å². The Morgan fingerprint density at radius 3 is 2.15 bits per heavy atom. The largest absolute Gasteiger partial charge is 0.456 e. The highest BCUT2D eigenvalue weighted by Gasteiger charge is 2.21. The lowest BCUT2D eigenvalue weighted by Crippen LogP contribution is -2.10. The van der Waals surface area contributed by atoms with Crippen molar-refractivity contribution in [2.24, 2.45) is 0 Å². The van der Waals surface area contributed by atoms with Gasteiger partial charge in [-0.3, -0.25) is 0 Å². The van der Waals surface area contributed by atoms with E-state index in [9.17, 15) is 0 Å². The number of rotatable bonds is 4. The fourth-order valence-corrected chi connectivity index (χ4v) is 7.94. The van der Waals surface area contributed by atoms with Gasteiger partial charge in [-0.25, -0.2) is 4.98 Å². The van der Waals surface area contributed by atoms with Gasteiger partial charge in [0.1, 0.15) is 16.7 Å². The van der Waals surface area contributed by atoms with Crippen molar-refractivity contribution in [2.75, 3.05) is 4.90 Å². The van der Waals surface area contributed by atoms with Gasteiger partial charge in [-0.2, -0.15) is 0 Å². The second kappa shape index (κ2) is 9.80. The van der Waals surface area contributed by atoms with Gasteiger partial charge in [0.2, 0.25) is 5.89 Å². The number of para-hydroxylation sites is 2. The molecule has 0 radical (unpaired) electrons. The number of hydrogen-bond acceptors (Lipinski definition) is 5. The minimum Gasteiger partial charge on any atom is -0.456 e. The maximum atomic E-state index is 6.55. The number of oxazole rings is 1. The molecule has 10 aromatic rings. The topological polar surface area (TPSA) is 42.4 Å². The summed E-state index contributed by atoms with van der Waals surface area (Å²) in [5.74, 6) is 0.590. The summed E-state index contributed by atoms with van der Waals surface area (Å²) in [5.41, 5.74) is 7.36. The Labute approximate surface area is 267 Å². The van der Waals surface area contributed by atoms with Crippen molar-refractivity contribution in [3.63, 3.8) is 0 Å². The minimum absolute atomic E-state index is 0.590. The Kier molecular flexibility index (Phi) is 5.41. The van der Waals surface area contributed by atoms with E-state index in [0.717, 1.165) is 55.7 Å². The van der Waals surface area contributed by atoms with Gasteiger partial charge >= 0.3 is 0 Å². The normalized spacial score (nSPS) is 11.9. The molecule has 0 unspecified atom stereocenters. The van der Waals surface area contributed by atoms with Crippen molar-refractivity contribution in [3.8, 4) is 11.5 Å². The molecule has 0 saturated carbocycles. The summed E-state index contributed by atoms with van der Waals surface area (Å²) in [6, 6.07) is 50.9. The zero-order valence-corrected chi connectivity index (χ0v) is 25.3. The molecule has 5 heteroatoms. The van der Waals surface area contributed by atoms with Crippen LogP contribution in [-0.4, -0.2) is 4.98 Å². The van der Waals surface area contributed by atoms with Crippen LogP contribution in [0.4, 0.5) is 17.1 Å². The van der Waals surface area contributed by atoms with Crippen LogP contribution in [0.1, 0.15) is 0 Å². The van der Waals surface area contributed by atoms with E-state index >= 15 is 0 Å². The summed E-state index contributed by atoms with van der Waals surface area (Å²) in [5, 5.41) is 6.98. The van der Waals surface area contributed by atoms with Gasteiger partial charge in [0.25, 0.3) is 0 Å². The maximum absolute atomic E-state index is 6.55. The highest BCUT2D eigenvalue weighted by atomic mass is 32.1. The molecule has 3 aromatic heterocycles. The Balaban J connectivity index is 1.19. The fourth-order valence-electron chi connectivity index (χ4n) is 6.80. The number of anilines is 3. The van der Waals surface area contributed by atoms with Crippen LogP contribution in [0.3, 0.4) is 0 Å². The molecule has 0 amide bonds. The number of furan rings is 1. The van der Waals surface area contributed by atoms with Crippen molar-refractivity contribution < 1.29 is 8.83 Å². The Morgan fingerprint density at radius 2 is 1.22 bits per heavy atom. The third-order valence-corrected chi connectivity index (χ3v) is 10.0. The van der Waals surface area contributed by atoms with Crippen LogP contribution in [0, 0.1) is 0 Å². The number of benzene rings is 7. The predicted octanol–water partition coefficient (Wildman–Crippen LogP) is 12.4. The van der Waals surface area contributed by atoms with Gasteiger partial charge < -0.3 is 13.7 Å². The SMILES string of the molecule is c1ccc2c(N(c3ccc4c(c3)oc3cccc(-c5nc6ccccc6o5)c34)c3ccc4c(c3)sc3ccccc34)cccc2c1. The van der Waals surface area contributed by atoms with Crippen LogP contribution >= 0.6 is 11.3 Å². The molecule has 0 N–H and O–H groups in total. The molecule has 0 bridgehead atoms. The number of fused-ring (bicyclic) bond motifs is 8. The molecule has 216 valence electrons. The first kappa shape index (κ1) is 25.4. The highest BCUT2D eigenvalue weighted by Crippen LogP contribution is 2.45. The van der Waals surface area contributed by atoms with Crippen LogP contribution in [0.15, 0.2) is 154 Å². The van der Waals surface area contributed by atoms with Crippen LogP contribution in [0.5, 0.6) is 0 Å². The van der Waals surface area contributed by atoms with Crippen molar-refractivity contribution in [3.05, 3.63) is 146 Å². The highest BCUT2D eigenvalue weighted by molar-refractivity contribution is 7.25. The molecular formula is C41H24N2O2S. The summed E-state index contributed by atoms with van der Waals surface area (Å²) >= 11 is 1.83. The molecule has 0 atom stereocenters. The van der Waals surface area contributed by atoms with Gasteiger partial charge in [0.15, 0.2) is 5.58 Å². The van der Waals surface area contributed by atoms with Gasteiger partial charge in [0.05, 0.1) is 5.69 Å². The number of nitrogens with zero attached hydrogens (tertiary/aromatic N) is 2. The minimum atomic E-state index is 0.590. The molecule has 7 aromatic carbocycles. The molecule has 0 saturated heterocycles. The molecule has 0 aliphatic carbocycles. The number of hydrogen-bond donors (Lipinski definition) is 0. The van der Waals surface area contributed by atoms with Crippen LogP contribution in [-0.2, 0) is 0 Å². The summed E-state index contributed by atoms with van der Waals surface area (Å²) < 4.78 is 15.3. The van der Waals surface area contributed by atoms with Crippen molar-refractivity contribution in [1.82, 2.24) is 4.98 Å². The Hall–Kier alpha value is -5.91. The lowest BCUT2D eigenvalue weighted by molar-refractivity contribution is 0.620. The number of thiophene rings is 1. The summed E-state index contributed by atoms with van der Waals surface area (Å²) in [6.07, 6.45) is 0. The van der Waals surface area contributed by atoms with Gasteiger partial charge in [-0.15, -0.1) is 11.3 Å². The van der Waals surface area contributed by atoms with Gasteiger partial charge in [0, 0.05) is 59.3 Å². The quantitative estimate of drug-likeness (QED) is 0.199. The second-order valence-corrected chi connectivity index (χ2v) is 12.6. The van der Waals surface area contributed by atoms with Gasteiger partial charge in [-0.1, -0.05) is 78.9 Å². The summed E-state index contributed by atoms with van der Waals surface area (Å²) in [7, 11) is 0. The fraction of sp³-hybridized carbons (Fsp3) is 0. The first-order chi connectivity index (χ1) is 22.8. The lowest BCUT2D eigenvalue weighted by atomic mass is 10.0. The maximum Gasteiger partial charge on any atom is 0.228 e. The standard InChI is InChI=1S/C41H24N2O2S/c1-2-11-28-25(9-1)10-7-15-34(28)43(27-19-21-30-29-12-3-6-18-38(29)46-39(30)24-27)26-20-22-31-37(23-26)44-36-17-8-13-32(40(31)36)41-42-33-14-4-5-16-35(33)45-41/h1-24H. The van der Waals surface area contributed by atoms with Crippen LogP contribution in [0.2, 0.25) is 0 Å². The molecule has 0 aliphatic heterocycles. The van der Waals surface area contributed by atoms with E-state index < -0.39 is 0 Å². The van der Waals surface area contributed by atoms with E-state index in [1.165, 1.54) is 30.9 Å². The zero-order chi connectivity index (χ0) is 30.2. The van der Waals surface area contributed by atoms with Crippen molar-refractivity contribution in [2.45, 2.75) is 0 Å². The molecule has 10 rings (SSSR count). The van der Waals surface area contributed by atoms with Crippen LogP contribution in [0.25, 0.3) is 75.4 Å². The monoisotopic (exact) mass is 608 g/mol. The number of aromatic nitrogens is 1. The third-order valence-electron chi connectivity index (χ3n) is 8.89. The van der Waals surface area contributed by atoms with Crippen molar-refractivity contribution in [1.29, 1.82) is 0 Å². The Bertz CT molecular complexity index is 2750. The van der Waals surface area contributed by atoms with E-state index in [1.54, 1.807) is 0 Å². The lowest BCUT2D eigenvalue weighted by Gasteiger charge is -2.27. The molecule has 0 fully saturated rings. The molecule has 0 aliphatic rings. The second-order valence-electron chi connectivity index (χ2n) is 11.6. The first-order valence-corrected chi connectivity index (χ1v) is 16.1. The molecule has 4 nitrogen and oxygen atoms in total. The zero-order valence-electron chi connectivity index (χ0n) is 24.5.